The third-order valence-corrected chi connectivity index (χ3v) is 13.5. The highest BCUT2D eigenvalue weighted by Gasteiger charge is 2.23. The Morgan fingerprint density at radius 1 is 0.290 bits per heavy atom. The first-order valence-corrected chi connectivity index (χ1v) is 23.2. The molecule has 0 saturated heterocycles. The van der Waals surface area contributed by atoms with E-state index in [0.29, 0.717) is 17.5 Å². The Morgan fingerprint density at radius 2 is 0.841 bits per heavy atom. The van der Waals surface area contributed by atoms with Crippen LogP contribution in [0.4, 0.5) is 0 Å². The maximum Gasteiger partial charge on any atom is 0.164 e. The van der Waals surface area contributed by atoms with Gasteiger partial charge in [0.25, 0.3) is 0 Å². The topological polar surface area (TPSA) is 69.9 Å². The predicted octanol–water partition coefficient (Wildman–Crippen LogP) is 16.8. The summed E-state index contributed by atoms with van der Waals surface area (Å²) in [6.07, 6.45) is 0. The van der Waals surface area contributed by atoms with E-state index in [-0.39, 0.29) is 0 Å². The monoisotopic (exact) mass is 882 g/mol. The van der Waals surface area contributed by atoms with Gasteiger partial charge >= 0.3 is 0 Å². The van der Waals surface area contributed by atoms with E-state index >= 15 is 0 Å². The quantitative estimate of drug-likeness (QED) is 0.159. The fourth-order valence-corrected chi connectivity index (χ4v) is 10.3. The molecule has 69 heavy (non-hydrogen) atoms. The van der Waals surface area contributed by atoms with Gasteiger partial charge in [-0.2, -0.15) is 0 Å². The number of rotatable bonds is 7. The van der Waals surface area contributed by atoms with E-state index < -0.39 is 0 Å². The number of hydrogen-bond donors (Lipinski definition) is 0. The molecule has 0 aliphatic heterocycles. The van der Waals surface area contributed by atoms with Crippen molar-refractivity contribution in [3.8, 4) is 73.2 Å². The van der Waals surface area contributed by atoms with Gasteiger partial charge in [0.2, 0.25) is 0 Å². The molecule has 6 nitrogen and oxygen atoms in total. The van der Waals surface area contributed by atoms with Crippen molar-refractivity contribution in [2.75, 3.05) is 0 Å². The van der Waals surface area contributed by atoms with Crippen LogP contribution in [0.15, 0.2) is 239 Å². The van der Waals surface area contributed by atoms with Gasteiger partial charge in [0.05, 0.1) is 11.0 Å². The number of aromatic nitrogens is 4. The van der Waals surface area contributed by atoms with E-state index in [2.05, 4.69) is 162 Å². The lowest BCUT2D eigenvalue weighted by Crippen LogP contribution is -2.00. The summed E-state index contributed by atoms with van der Waals surface area (Å²) >= 11 is 0. The Bertz CT molecular complexity index is 4250. The second-order valence-corrected chi connectivity index (χ2v) is 17.5. The lowest BCUT2D eigenvalue weighted by molar-refractivity contribution is 0.669. The predicted molar refractivity (Wildman–Crippen MR) is 281 cm³/mol. The van der Waals surface area contributed by atoms with Crippen molar-refractivity contribution in [1.29, 1.82) is 0 Å². The van der Waals surface area contributed by atoms with Crippen molar-refractivity contribution < 1.29 is 8.83 Å². The maximum absolute atomic E-state index is 7.07. The molecule has 0 aliphatic rings. The minimum Gasteiger partial charge on any atom is -0.455 e. The summed E-state index contributed by atoms with van der Waals surface area (Å²) in [5.41, 5.74) is 15.5. The Kier molecular flexibility index (Phi) is 8.79. The summed E-state index contributed by atoms with van der Waals surface area (Å²) in [5.74, 6) is 1.80. The number of benzene rings is 10. The number of para-hydroxylation sites is 3. The zero-order valence-corrected chi connectivity index (χ0v) is 37.0. The number of fused-ring (bicyclic) bond motifs is 9. The van der Waals surface area contributed by atoms with E-state index in [0.717, 1.165) is 99.5 Å². The highest BCUT2D eigenvalue weighted by molar-refractivity contribution is 6.17. The molecule has 10 aromatic carbocycles. The molecule has 0 N–H and O–H groups in total. The van der Waals surface area contributed by atoms with Crippen LogP contribution in [0.5, 0.6) is 0 Å². The zero-order chi connectivity index (χ0) is 45.4. The number of hydrogen-bond acceptors (Lipinski definition) is 5. The smallest absolute Gasteiger partial charge is 0.164 e. The Balaban J connectivity index is 0.947. The molecule has 0 aliphatic carbocycles. The summed E-state index contributed by atoms with van der Waals surface area (Å²) in [7, 11) is 0. The maximum atomic E-state index is 7.07. The second-order valence-electron chi connectivity index (χ2n) is 17.5. The summed E-state index contributed by atoms with van der Waals surface area (Å²) in [6, 6.07) is 80.3. The fraction of sp³-hybridized carbons (Fsp3) is 0. The van der Waals surface area contributed by atoms with Gasteiger partial charge in [0.15, 0.2) is 17.5 Å². The molecule has 6 heteroatoms. The van der Waals surface area contributed by atoms with Crippen LogP contribution < -0.4 is 0 Å². The van der Waals surface area contributed by atoms with Crippen LogP contribution in [0, 0.1) is 0 Å². The highest BCUT2D eigenvalue weighted by Crippen LogP contribution is 2.46. The molecule has 4 heterocycles. The van der Waals surface area contributed by atoms with E-state index in [9.17, 15) is 0 Å². The van der Waals surface area contributed by atoms with Gasteiger partial charge in [-0.15, -0.1) is 0 Å². The van der Waals surface area contributed by atoms with Gasteiger partial charge in [-0.05, 0) is 70.8 Å². The van der Waals surface area contributed by atoms with Crippen LogP contribution in [0.3, 0.4) is 0 Å². The number of furan rings is 2. The van der Waals surface area contributed by atoms with Gasteiger partial charge in [-0.1, -0.05) is 176 Å². The lowest BCUT2D eigenvalue weighted by atomic mass is 9.91. The Hall–Kier alpha value is -9.39. The molecule has 0 fully saturated rings. The molecule has 322 valence electrons. The van der Waals surface area contributed by atoms with Gasteiger partial charge in [0.1, 0.15) is 22.3 Å². The van der Waals surface area contributed by atoms with Crippen LogP contribution in [-0.2, 0) is 0 Å². The summed E-state index contributed by atoms with van der Waals surface area (Å²) in [4.78, 5) is 15.1. The standard InChI is InChI=1S/C63H38N4O2/c1-4-16-39(17-5-1)42-30-35-55-53(37-42)46-24-10-12-28-54(46)67(55)45-31-32-48-50-26-15-27-51(59(50)69-57(48)38-45)49-33-34-52-47-25-11-13-29-56(47)68-60(52)58(49)43-22-14-23-44(36-43)63-65-61(40-18-6-2-7-19-40)64-62(66-63)41-20-8-3-9-21-41/h1-38H. The number of nitrogens with zero attached hydrogens (tertiary/aromatic N) is 4. The molecule has 0 saturated carbocycles. The van der Waals surface area contributed by atoms with Crippen molar-refractivity contribution in [3.05, 3.63) is 231 Å². The molecule has 0 spiro atoms. The minimum absolute atomic E-state index is 0.581. The Morgan fingerprint density at radius 3 is 1.61 bits per heavy atom. The second kappa shape index (κ2) is 15.6. The van der Waals surface area contributed by atoms with E-state index in [1.54, 1.807) is 0 Å². The average molecular weight is 883 g/mol. The normalized spacial score (nSPS) is 11.8. The third-order valence-electron chi connectivity index (χ3n) is 13.5. The summed E-state index contributed by atoms with van der Waals surface area (Å²) in [5, 5.41) is 6.61. The Labute approximate surface area is 396 Å². The highest BCUT2D eigenvalue weighted by atomic mass is 16.3. The van der Waals surface area contributed by atoms with Crippen LogP contribution in [0.1, 0.15) is 0 Å². The first-order valence-electron chi connectivity index (χ1n) is 23.2. The van der Waals surface area contributed by atoms with Crippen LogP contribution in [0.2, 0.25) is 0 Å². The molecule has 0 bridgehead atoms. The minimum atomic E-state index is 0.581. The van der Waals surface area contributed by atoms with Crippen molar-refractivity contribution in [2.45, 2.75) is 0 Å². The van der Waals surface area contributed by atoms with Gasteiger partial charge in [-0.3, -0.25) is 0 Å². The van der Waals surface area contributed by atoms with Gasteiger partial charge in [-0.25, -0.2) is 15.0 Å². The third kappa shape index (κ3) is 6.38. The molecule has 14 aromatic rings. The SMILES string of the molecule is c1ccc(-c2ccc3c(c2)c2ccccc2n3-c2ccc3c(c2)oc2c(-c4ccc5c(oc6ccccc65)c4-c4cccc(-c5nc(-c6ccccc6)nc(-c6ccccc6)n5)c4)cccc23)cc1. The molecule has 0 atom stereocenters. The summed E-state index contributed by atoms with van der Waals surface area (Å²) in [6.45, 7) is 0. The first-order chi connectivity index (χ1) is 34.2. The largest absolute Gasteiger partial charge is 0.455 e. The van der Waals surface area contributed by atoms with Gasteiger partial charge < -0.3 is 13.4 Å². The zero-order valence-electron chi connectivity index (χ0n) is 37.0. The molecule has 0 radical (unpaired) electrons. The average Bonchev–Trinajstić information content (AvgIpc) is 4.10. The summed E-state index contributed by atoms with van der Waals surface area (Å²) < 4.78 is 16.3. The van der Waals surface area contributed by atoms with Crippen molar-refractivity contribution in [1.82, 2.24) is 19.5 Å². The van der Waals surface area contributed by atoms with E-state index in [1.807, 2.05) is 72.8 Å². The van der Waals surface area contributed by atoms with Crippen LogP contribution in [-0.4, -0.2) is 19.5 Å². The van der Waals surface area contributed by atoms with E-state index in [4.69, 9.17) is 23.8 Å². The van der Waals surface area contributed by atoms with Crippen molar-refractivity contribution in [2.24, 2.45) is 0 Å². The molecule has 4 aromatic heterocycles. The first kappa shape index (κ1) is 38.8. The molecular weight excluding hydrogens is 845 g/mol. The van der Waals surface area contributed by atoms with Crippen molar-refractivity contribution in [3.63, 3.8) is 0 Å². The molecule has 0 unspecified atom stereocenters. The van der Waals surface area contributed by atoms with Gasteiger partial charge in [0, 0.05) is 71.9 Å². The molecule has 0 amide bonds. The lowest BCUT2D eigenvalue weighted by Gasteiger charge is -2.13. The molecular formula is C63H38N4O2. The molecule has 14 rings (SSSR count). The van der Waals surface area contributed by atoms with Crippen molar-refractivity contribution >= 4 is 65.7 Å². The fourth-order valence-electron chi connectivity index (χ4n) is 10.3. The van der Waals surface area contributed by atoms with Crippen LogP contribution in [0.25, 0.3) is 139 Å². The van der Waals surface area contributed by atoms with Crippen LogP contribution >= 0.6 is 0 Å². The van der Waals surface area contributed by atoms with E-state index in [1.165, 1.54) is 21.9 Å².